The summed E-state index contributed by atoms with van der Waals surface area (Å²) < 4.78 is 12.0. The summed E-state index contributed by atoms with van der Waals surface area (Å²) in [5, 5.41) is 9.43. The number of hydrogen-bond acceptors (Lipinski definition) is 6. The minimum absolute atomic E-state index is 0.0266. The number of rotatable bonds is 22. The quantitative estimate of drug-likeness (QED) is 0.136. The van der Waals surface area contributed by atoms with Crippen molar-refractivity contribution < 1.29 is 23.9 Å². The number of amides is 2. The van der Waals surface area contributed by atoms with Gasteiger partial charge in [0.25, 0.3) is 0 Å². The fourth-order valence-corrected chi connectivity index (χ4v) is 4.44. The van der Waals surface area contributed by atoms with E-state index in [0.717, 1.165) is 32.1 Å². The molecule has 1 atom stereocenters. The predicted octanol–water partition coefficient (Wildman–Crippen LogP) is 5.96. The first-order valence-electron chi connectivity index (χ1n) is 15.9. The van der Waals surface area contributed by atoms with Crippen LogP contribution < -0.4 is 16.0 Å². The summed E-state index contributed by atoms with van der Waals surface area (Å²) in [6, 6.07) is -0.172. The van der Waals surface area contributed by atoms with Gasteiger partial charge in [-0.3, -0.25) is 14.4 Å². The Kier molecular flexibility index (Phi) is 17.5. The molecular formula is C33H65N3O5. The summed E-state index contributed by atoms with van der Waals surface area (Å²) in [6.45, 7) is 26.4. The molecule has 0 radical (unpaired) electrons. The van der Waals surface area contributed by atoms with Crippen LogP contribution in [0.1, 0.15) is 134 Å². The van der Waals surface area contributed by atoms with Crippen molar-refractivity contribution in [1.29, 1.82) is 0 Å². The van der Waals surface area contributed by atoms with E-state index < -0.39 is 5.60 Å². The molecule has 0 aliphatic carbocycles. The Balaban J connectivity index is 4.39. The summed E-state index contributed by atoms with van der Waals surface area (Å²) in [4.78, 5) is 37.5. The van der Waals surface area contributed by atoms with Crippen LogP contribution in [0.25, 0.3) is 0 Å². The third-order valence-electron chi connectivity index (χ3n) is 7.89. The van der Waals surface area contributed by atoms with Crippen molar-refractivity contribution >= 4 is 17.6 Å². The van der Waals surface area contributed by atoms with Gasteiger partial charge in [0.1, 0.15) is 0 Å². The van der Waals surface area contributed by atoms with Gasteiger partial charge in [-0.15, -0.1) is 0 Å². The molecule has 0 saturated heterocycles. The molecule has 0 heterocycles. The molecular weight excluding hydrogens is 518 g/mol. The van der Waals surface area contributed by atoms with E-state index in [4.69, 9.17) is 9.47 Å². The van der Waals surface area contributed by atoms with E-state index in [1.807, 2.05) is 41.5 Å². The number of ether oxygens (including phenoxy) is 2. The van der Waals surface area contributed by atoms with E-state index in [2.05, 4.69) is 57.5 Å². The molecule has 41 heavy (non-hydrogen) atoms. The van der Waals surface area contributed by atoms with Crippen LogP contribution in [0.4, 0.5) is 0 Å². The monoisotopic (exact) mass is 583 g/mol. The molecule has 0 spiro atoms. The first-order valence-corrected chi connectivity index (χ1v) is 15.9. The summed E-state index contributed by atoms with van der Waals surface area (Å²) in [5.41, 5.74) is -1.23. The zero-order chi connectivity index (χ0) is 31.9. The van der Waals surface area contributed by atoms with Gasteiger partial charge < -0.3 is 25.4 Å². The molecule has 0 fully saturated rings. The van der Waals surface area contributed by atoms with Crippen LogP contribution in [0.5, 0.6) is 0 Å². The number of carbonyl (C=O) groups is 3. The lowest BCUT2D eigenvalue weighted by Gasteiger charge is -2.34. The Labute approximate surface area is 252 Å². The molecule has 3 N–H and O–H groups in total. The van der Waals surface area contributed by atoms with Crippen LogP contribution in [-0.2, 0) is 23.9 Å². The lowest BCUT2D eigenvalue weighted by Crippen LogP contribution is -2.51. The lowest BCUT2D eigenvalue weighted by molar-refractivity contribution is -0.131. The molecule has 0 unspecified atom stereocenters. The van der Waals surface area contributed by atoms with Gasteiger partial charge in [-0.05, 0) is 93.4 Å². The summed E-state index contributed by atoms with van der Waals surface area (Å²) in [7, 11) is 0. The Morgan fingerprint density at radius 1 is 0.732 bits per heavy atom. The van der Waals surface area contributed by atoms with Crippen LogP contribution in [-0.4, -0.2) is 66.7 Å². The number of hydrogen-bond donors (Lipinski definition) is 3. The van der Waals surface area contributed by atoms with Gasteiger partial charge in [-0.1, -0.05) is 34.6 Å². The van der Waals surface area contributed by atoms with E-state index in [1.54, 1.807) is 0 Å². The van der Waals surface area contributed by atoms with Gasteiger partial charge in [0.2, 0.25) is 11.8 Å². The van der Waals surface area contributed by atoms with Gasteiger partial charge >= 0.3 is 0 Å². The van der Waals surface area contributed by atoms with E-state index in [1.165, 1.54) is 0 Å². The maximum Gasteiger partial charge on any atom is 0.222 e. The summed E-state index contributed by atoms with van der Waals surface area (Å²) in [6.07, 6.45) is 5.91. The maximum absolute atomic E-state index is 13.3. The average Bonchev–Trinajstić information content (AvgIpc) is 2.87. The Bertz CT molecular complexity index is 782. The van der Waals surface area contributed by atoms with Crippen molar-refractivity contribution in [2.45, 2.75) is 157 Å². The second-order valence-corrected chi connectivity index (χ2v) is 14.3. The van der Waals surface area contributed by atoms with E-state index in [9.17, 15) is 14.4 Å². The highest BCUT2D eigenvalue weighted by molar-refractivity contribution is 5.89. The van der Waals surface area contributed by atoms with Crippen LogP contribution in [0.15, 0.2) is 0 Å². The maximum atomic E-state index is 13.3. The van der Waals surface area contributed by atoms with Gasteiger partial charge in [-0.2, -0.15) is 0 Å². The smallest absolute Gasteiger partial charge is 0.222 e. The molecule has 0 aliphatic rings. The standard InChI is InChI=1S/C33H65N3O5/c1-13-33(12,14-2)28(38)26(36-30(5,6)7)17-15-16-21-34-27(37)18-19-31(8,9)40-23-20-32(10,11)41-24-22-35-29(39)25(3)4/h25-26,36H,13-24H2,1-12H3,(H,34,37)(H,35,39)/t26-/m0/s1. The topological polar surface area (TPSA) is 106 Å². The zero-order valence-corrected chi connectivity index (χ0v) is 28.7. The summed E-state index contributed by atoms with van der Waals surface area (Å²) >= 11 is 0. The van der Waals surface area contributed by atoms with E-state index in [-0.39, 0.29) is 40.3 Å². The molecule has 2 amide bonds. The van der Waals surface area contributed by atoms with Gasteiger partial charge in [0.05, 0.1) is 30.5 Å². The molecule has 0 aliphatic heterocycles. The Hall–Kier alpha value is -1.51. The van der Waals surface area contributed by atoms with Crippen molar-refractivity contribution in [3.05, 3.63) is 0 Å². The first kappa shape index (κ1) is 39.5. The Morgan fingerprint density at radius 3 is 1.83 bits per heavy atom. The van der Waals surface area contributed by atoms with Crippen LogP contribution in [0, 0.1) is 11.3 Å². The highest BCUT2D eigenvalue weighted by atomic mass is 16.5. The SMILES string of the molecule is CCC(C)(CC)C(=O)[C@H](CCCCNC(=O)CCC(C)(C)OCCC(C)(C)OCCNC(=O)C(C)C)NC(C)(C)C. The van der Waals surface area contributed by atoms with Crippen molar-refractivity contribution in [3.8, 4) is 0 Å². The largest absolute Gasteiger partial charge is 0.375 e. The van der Waals surface area contributed by atoms with Gasteiger partial charge in [-0.25, -0.2) is 0 Å². The van der Waals surface area contributed by atoms with Gasteiger partial charge in [0.15, 0.2) is 5.78 Å². The van der Waals surface area contributed by atoms with E-state index in [0.29, 0.717) is 51.3 Å². The molecule has 0 aromatic heterocycles. The van der Waals surface area contributed by atoms with Gasteiger partial charge in [0, 0.05) is 36.4 Å². The molecule has 8 heteroatoms. The molecule has 8 nitrogen and oxygen atoms in total. The second-order valence-electron chi connectivity index (χ2n) is 14.3. The fraction of sp³-hybridized carbons (Fsp3) is 0.909. The van der Waals surface area contributed by atoms with Crippen LogP contribution >= 0.6 is 0 Å². The summed E-state index contributed by atoms with van der Waals surface area (Å²) in [5.74, 6) is 0.322. The molecule has 0 saturated carbocycles. The normalized spacial score (nSPS) is 13.8. The third kappa shape index (κ3) is 17.9. The highest BCUT2D eigenvalue weighted by Crippen LogP contribution is 2.30. The highest BCUT2D eigenvalue weighted by Gasteiger charge is 2.36. The average molecular weight is 584 g/mol. The van der Waals surface area contributed by atoms with Crippen molar-refractivity contribution in [3.63, 3.8) is 0 Å². The number of ketones is 1. The molecule has 242 valence electrons. The second kappa shape index (κ2) is 18.2. The molecule has 0 rings (SSSR count). The molecule has 0 aromatic carbocycles. The first-order chi connectivity index (χ1) is 18.8. The number of Topliss-reactive ketones (excluding diaryl/α,β-unsaturated/α-hetero) is 1. The lowest BCUT2D eigenvalue weighted by atomic mass is 9.76. The zero-order valence-electron chi connectivity index (χ0n) is 28.7. The minimum atomic E-state index is -0.421. The molecule has 0 bridgehead atoms. The molecule has 0 aromatic rings. The minimum Gasteiger partial charge on any atom is -0.375 e. The van der Waals surface area contributed by atoms with Crippen molar-refractivity contribution in [2.24, 2.45) is 11.3 Å². The predicted molar refractivity (Wildman–Crippen MR) is 169 cm³/mol. The number of unbranched alkanes of at least 4 members (excludes halogenated alkanes) is 1. The number of carbonyl (C=O) groups excluding carboxylic acids is 3. The number of nitrogens with one attached hydrogen (secondary N) is 3. The van der Waals surface area contributed by atoms with Crippen molar-refractivity contribution in [2.75, 3.05) is 26.3 Å². The van der Waals surface area contributed by atoms with Crippen LogP contribution in [0.2, 0.25) is 0 Å². The third-order valence-corrected chi connectivity index (χ3v) is 7.89. The van der Waals surface area contributed by atoms with Crippen LogP contribution in [0.3, 0.4) is 0 Å². The Morgan fingerprint density at radius 2 is 1.29 bits per heavy atom. The van der Waals surface area contributed by atoms with E-state index >= 15 is 0 Å². The van der Waals surface area contributed by atoms with Crippen molar-refractivity contribution in [1.82, 2.24) is 16.0 Å². The fourth-order valence-electron chi connectivity index (χ4n) is 4.44.